The lowest BCUT2D eigenvalue weighted by molar-refractivity contribution is -0.118. The Morgan fingerprint density at radius 2 is 2.32 bits per heavy atom. The number of carbonyl (C=O) groups excluding carboxylic acids is 1. The molecular formula is C14H19N3O2. The van der Waals surface area contributed by atoms with Crippen LogP contribution < -0.4 is 15.5 Å². The second-order valence-electron chi connectivity index (χ2n) is 4.58. The maximum atomic E-state index is 11.8. The van der Waals surface area contributed by atoms with Crippen LogP contribution in [0.25, 0.3) is 0 Å². The number of anilines is 2. The number of hydrogen-bond donors (Lipinski definition) is 2. The predicted molar refractivity (Wildman–Crippen MR) is 76.3 cm³/mol. The minimum absolute atomic E-state index is 0.0687. The van der Waals surface area contributed by atoms with Crippen LogP contribution in [0.4, 0.5) is 11.4 Å². The summed E-state index contributed by atoms with van der Waals surface area (Å²) in [7, 11) is 1.72. The van der Waals surface area contributed by atoms with Gasteiger partial charge in [0.05, 0.1) is 12.3 Å². The highest BCUT2D eigenvalue weighted by molar-refractivity contribution is 6.04. The smallest absolute Gasteiger partial charge is 0.248 e. The van der Waals surface area contributed by atoms with Crippen molar-refractivity contribution >= 4 is 17.3 Å². The Morgan fingerprint density at radius 3 is 2.95 bits per heavy atom. The summed E-state index contributed by atoms with van der Waals surface area (Å²) in [5.74, 6) is -0.0930. The van der Waals surface area contributed by atoms with Crippen LogP contribution in [-0.4, -0.2) is 37.8 Å². The van der Waals surface area contributed by atoms with Gasteiger partial charge in [-0.15, -0.1) is 6.58 Å². The fraction of sp³-hybridized carbons (Fsp3) is 0.357. The van der Waals surface area contributed by atoms with E-state index in [1.165, 1.54) is 0 Å². The van der Waals surface area contributed by atoms with Gasteiger partial charge in [0.1, 0.15) is 6.04 Å². The van der Waals surface area contributed by atoms with Crippen molar-refractivity contribution in [2.24, 2.45) is 5.73 Å². The number of nitrogens with zero attached hydrogens (tertiary/aromatic N) is 2. The van der Waals surface area contributed by atoms with Crippen molar-refractivity contribution in [2.75, 3.05) is 36.5 Å². The largest absolute Gasteiger partial charge is 0.395 e. The number of aliphatic hydroxyl groups excluding tert-OH is 1. The van der Waals surface area contributed by atoms with Crippen molar-refractivity contribution in [3.05, 3.63) is 36.4 Å². The molecule has 0 aliphatic carbocycles. The number of fused-ring (bicyclic) bond motifs is 1. The molecule has 0 fully saturated rings. The molecule has 102 valence electrons. The lowest BCUT2D eigenvalue weighted by Gasteiger charge is -2.23. The average molecular weight is 261 g/mol. The number of hydrogen-bond acceptors (Lipinski definition) is 4. The first-order valence-corrected chi connectivity index (χ1v) is 6.24. The van der Waals surface area contributed by atoms with Gasteiger partial charge in [-0.05, 0) is 12.1 Å². The lowest BCUT2D eigenvalue weighted by Crippen LogP contribution is -2.28. The number of likely N-dealkylation sites (N-methyl/N-ethyl adjacent to an activating group) is 1. The highest BCUT2D eigenvalue weighted by Crippen LogP contribution is 2.36. The zero-order chi connectivity index (χ0) is 14.0. The SMILES string of the molecule is C=CCN(CCO)c1ccc2c(c1)N(C)C(=O)C2N. The van der Waals surface area contributed by atoms with Gasteiger partial charge in [0.15, 0.2) is 0 Å². The summed E-state index contributed by atoms with van der Waals surface area (Å²) in [4.78, 5) is 15.4. The van der Waals surface area contributed by atoms with Crippen molar-refractivity contribution in [1.29, 1.82) is 0 Å². The molecule has 19 heavy (non-hydrogen) atoms. The average Bonchev–Trinajstić information content (AvgIpc) is 2.63. The predicted octanol–water partition coefficient (Wildman–Crippen LogP) is 0.647. The van der Waals surface area contributed by atoms with Gasteiger partial charge in [-0.3, -0.25) is 4.79 Å². The van der Waals surface area contributed by atoms with E-state index >= 15 is 0 Å². The second kappa shape index (κ2) is 5.42. The van der Waals surface area contributed by atoms with Gasteiger partial charge in [0, 0.05) is 31.4 Å². The molecule has 1 aromatic carbocycles. The van der Waals surface area contributed by atoms with Crippen LogP contribution in [0.15, 0.2) is 30.9 Å². The normalized spacial score (nSPS) is 17.5. The fourth-order valence-corrected chi connectivity index (χ4v) is 2.34. The number of rotatable bonds is 5. The van der Waals surface area contributed by atoms with Crippen LogP contribution in [0.3, 0.4) is 0 Å². The molecule has 0 spiro atoms. The van der Waals surface area contributed by atoms with Gasteiger partial charge in [-0.25, -0.2) is 0 Å². The Morgan fingerprint density at radius 1 is 1.58 bits per heavy atom. The van der Waals surface area contributed by atoms with Crippen molar-refractivity contribution < 1.29 is 9.90 Å². The Bertz CT molecular complexity index is 501. The molecule has 1 amide bonds. The molecule has 5 nitrogen and oxygen atoms in total. The molecule has 1 aliphatic heterocycles. The van der Waals surface area contributed by atoms with Gasteiger partial charge in [-0.2, -0.15) is 0 Å². The maximum Gasteiger partial charge on any atom is 0.248 e. The van der Waals surface area contributed by atoms with E-state index < -0.39 is 6.04 Å². The number of nitrogens with two attached hydrogens (primary N) is 1. The lowest BCUT2D eigenvalue weighted by atomic mass is 10.1. The fourth-order valence-electron chi connectivity index (χ4n) is 2.34. The highest BCUT2D eigenvalue weighted by atomic mass is 16.3. The Balaban J connectivity index is 2.36. The zero-order valence-electron chi connectivity index (χ0n) is 11.0. The number of aliphatic hydroxyl groups is 1. The van der Waals surface area contributed by atoms with Gasteiger partial charge >= 0.3 is 0 Å². The minimum Gasteiger partial charge on any atom is -0.395 e. The highest BCUT2D eigenvalue weighted by Gasteiger charge is 2.32. The Hall–Kier alpha value is -1.85. The molecule has 0 saturated carbocycles. The van der Waals surface area contributed by atoms with Gasteiger partial charge < -0.3 is 20.6 Å². The molecule has 0 saturated heterocycles. The Labute approximate surface area is 112 Å². The first-order valence-electron chi connectivity index (χ1n) is 6.24. The molecule has 2 rings (SSSR count). The topological polar surface area (TPSA) is 69.8 Å². The standard InChI is InChI=1S/C14H19N3O2/c1-3-6-17(7-8-18)10-4-5-11-12(9-10)16(2)14(19)13(11)15/h3-5,9,13,18H,1,6-8,15H2,2H3. The first kappa shape index (κ1) is 13.6. The molecule has 1 unspecified atom stereocenters. The van der Waals surface area contributed by atoms with E-state index in [4.69, 9.17) is 10.8 Å². The van der Waals surface area contributed by atoms with Crippen LogP contribution in [0.2, 0.25) is 0 Å². The summed E-state index contributed by atoms with van der Waals surface area (Å²) < 4.78 is 0. The minimum atomic E-state index is -0.570. The van der Waals surface area contributed by atoms with E-state index in [1.54, 1.807) is 18.0 Å². The third kappa shape index (κ3) is 2.34. The molecule has 1 heterocycles. The number of amides is 1. The summed E-state index contributed by atoms with van der Waals surface area (Å²) in [5, 5.41) is 9.09. The third-order valence-electron chi connectivity index (χ3n) is 3.39. The zero-order valence-corrected chi connectivity index (χ0v) is 11.0. The third-order valence-corrected chi connectivity index (χ3v) is 3.39. The number of carbonyl (C=O) groups is 1. The molecule has 0 bridgehead atoms. The monoisotopic (exact) mass is 261 g/mol. The van der Waals surface area contributed by atoms with Crippen molar-refractivity contribution in [2.45, 2.75) is 6.04 Å². The van der Waals surface area contributed by atoms with E-state index in [0.717, 1.165) is 16.9 Å². The van der Waals surface area contributed by atoms with Crippen LogP contribution in [-0.2, 0) is 4.79 Å². The van der Waals surface area contributed by atoms with Crippen LogP contribution in [0.5, 0.6) is 0 Å². The van der Waals surface area contributed by atoms with Crippen LogP contribution in [0, 0.1) is 0 Å². The molecule has 3 N–H and O–H groups in total. The summed E-state index contributed by atoms with van der Waals surface area (Å²) in [6.07, 6.45) is 1.78. The van der Waals surface area contributed by atoms with Crippen molar-refractivity contribution in [3.8, 4) is 0 Å². The van der Waals surface area contributed by atoms with E-state index in [1.807, 2.05) is 23.1 Å². The summed E-state index contributed by atoms with van der Waals surface area (Å²) in [5.41, 5.74) is 8.49. The van der Waals surface area contributed by atoms with Crippen LogP contribution in [0.1, 0.15) is 11.6 Å². The van der Waals surface area contributed by atoms with Crippen molar-refractivity contribution in [3.63, 3.8) is 0 Å². The van der Waals surface area contributed by atoms with Gasteiger partial charge in [0.25, 0.3) is 0 Å². The molecule has 1 aromatic rings. The molecule has 5 heteroatoms. The molecule has 1 aliphatic rings. The van der Waals surface area contributed by atoms with Crippen LogP contribution >= 0.6 is 0 Å². The summed E-state index contributed by atoms with van der Waals surface area (Å²) in [6, 6.07) is 5.16. The quantitative estimate of drug-likeness (QED) is 0.763. The number of benzene rings is 1. The molecule has 0 radical (unpaired) electrons. The van der Waals surface area contributed by atoms with Gasteiger partial charge in [-0.1, -0.05) is 12.1 Å². The molecule has 0 aromatic heterocycles. The summed E-state index contributed by atoms with van der Waals surface area (Å²) in [6.45, 7) is 4.94. The first-order chi connectivity index (χ1) is 9.10. The molecule has 1 atom stereocenters. The van der Waals surface area contributed by atoms with E-state index in [2.05, 4.69) is 6.58 Å². The summed E-state index contributed by atoms with van der Waals surface area (Å²) >= 11 is 0. The van der Waals surface area contributed by atoms with Gasteiger partial charge in [0.2, 0.25) is 5.91 Å². The molecular weight excluding hydrogens is 242 g/mol. The maximum absolute atomic E-state index is 11.8. The van der Waals surface area contributed by atoms with E-state index in [9.17, 15) is 4.79 Å². The van der Waals surface area contributed by atoms with Crippen molar-refractivity contribution in [1.82, 2.24) is 0 Å². The Kier molecular flexibility index (Phi) is 3.87. The second-order valence-corrected chi connectivity index (χ2v) is 4.58. The van der Waals surface area contributed by atoms with E-state index in [0.29, 0.717) is 13.1 Å². The van der Waals surface area contributed by atoms with E-state index in [-0.39, 0.29) is 12.5 Å².